The second-order valence-corrected chi connectivity index (χ2v) is 2.36. The van der Waals surface area contributed by atoms with Crippen LogP contribution in [0.4, 0.5) is 4.79 Å². The maximum absolute atomic E-state index is 10.00. The Bertz CT molecular complexity index is 141. The number of hydrogen-bond acceptors (Lipinski definition) is 4. The maximum Gasteiger partial charge on any atom is 0.404 e. The van der Waals surface area contributed by atoms with Crippen LogP contribution < -0.4 is 5.32 Å². The Morgan fingerprint density at radius 3 is 2.77 bits per heavy atom. The van der Waals surface area contributed by atoms with Gasteiger partial charge in [0.2, 0.25) is 0 Å². The van der Waals surface area contributed by atoms with Crippen LogP contribution in [0.3, 0.4) is 0 Å². The normalized spacial score (nSPS) is 12.5. The Hall–Kier alpha value is -0.850. The van der Waals surface area contributed by atoms with E-state index >= 15 is 0 Å². The molecule has 0 heterocycles. The minimum absolute atomic E-state index is 0.138. The molecule has 0 aromatic rings. The molecule has 0 bridgehead atoms. The van der Waals surface area contributed by atoms with Gasteiger partial charge in [-0.3, -0.25) is 0 Å². The number of amides is 1. The monoisotopic (exact) mass is 193 g/mol. The highest BCUT2D eigenvalue weighted by atomic mass is 16.5. The first kappa shape index (κ1) is 12.2. The van der Waals surface area contributed by atoms with Gasteiger partial charge in [-0.25, -0.2) is 4.79 Å². The van der Waals surface area contributed by atoms with Crippen molar-refractivity contribution in [2.24, 2.45) is 0 Å². The van der Waals surface area contributed by atoms with Crippen molar-refractivity contribution in [1.82, 2.24) is 5.32 Å². The molecule has 0 saturated heterocycles. The Kier molecular flexibility index (Phi) is 7.27. The van der Waals surface area contributed by atoms with E-state index in [1.54, 1.807) is 0 Å². The van der Waals surface area contributed by atoms with Gasteiger partial charge in [0.15, 0.2) is 0 Å². The molecule has 0 radical (unpaired) electrons. The Labute approximate surface area is 76.5 Å². The highest BCUT2D eigenvalue weighted by molar-refractivity contribution is 5.64. The van der Waals surface area contributed by atoms with Crippen LogP contribution in [0.25, 0.3) is 0 Å². The summed E-state index contributed by atoms with van der Waals surface area (Å²) in [6, 6.07) is 0. The number of carbonyl (C=O) groups is 1. The van der Waals surface area contributed by atoms with Gasteiger partial charge in [-0.05, 0) is 0 Å². The van der Waals surface area contributed by atoms with Crippen LogP contribution in [0.2, 0.25) is 0 Å². The molecular weight excluding hydrogens is 178 g/mol. The van der Waals surface area contributed by atoms with Crippen molar-refractivity contribution >= 4 is 6.09 Å². The van der Waals surface area contributed by atoms with Gasteiger partial charge in [-0.1, -0.05) is 0 Å². The molecule has 0 aromatic heterocycles. The summed E-state index contributed by atoms with van der Waals surface area (Å²) in [5, 5.41) is 19.1. The fourth-order valence-electron chi connectivity index (χ4n) is 0.723. The van der Waals surface area contributed by atoms with E-state index in [-0.39, 0.29) is 25.9 Å². The topological polar surface area (TPSA) is 88.0 Å². The zero-order valence-corrected chi connectivity index (χ0v) is 7.52. The minimum Gasteiger partial charge on any atom is -0.465 e. The number of hydrogen-bond donors (Lipinski definition) is 3. The first-order valence-corrected chi connectivity index (χ1v) is 3.89. The van der Waals surface area contributed by atoms with Crippen LogP contribution in [0.1, 0.15) is 0 Å². The summed E-state index contributed by atoms with van der Waals surface area (Å²) in [6.07, 6.45) is -1.48. The smallest absolute Gasteiger partial charge is 0.404 e. The van der Waals surface area contributed by atoms with Crippen molar-refractivity contribution in [1.29, 1.82) is 0 Å². The average Bonchev–Trinajstić information content (AvgIpc) is 2.10. The van der Waals surface area contributed by atoms with Crippen LogP contribution in [0.5, 0.6) is 0 Å². The molecular formula is C7H15NO5. The predicted octanol–water partition coefficient (Wildman–Crippen LogP) is -0.722. The SMILES string of the molecule is COCC(CO)OCCNC(=O)O. The largest absolute Gasteiger partial charge is 0.465 e. The third kappa shape index (κ3) is 7.51. The summed E-state index contributed by atoms with van der Waals surface area (Å²) in [5.41, 5.74) is 0. The van der Waals surface area contributed by atoms with Crippen LogP contribution in [0.15, 0.2) is 0 Å². The molecule has 6 nitrogen and oxygen atoms in total. The summed E-state index contributed by atoms with van der Waals surface area (Å²) in [7, 11) is 1.50. The number of carboxylic acid groups (broad SMARTS) is 1. The fourth-order valence-corrected chi connectivity index (χ4v) is 0.723. The van der Waals surface area contributed by atoms with Gasteiger partial charge in [-0.15, -0.1) is 0 Å². The molecule has 78 valence electrons. The molecule has 3 N–H and O–H groups in total. The lowest BCUT2D eigenvalue weighted by atomic mass is 10.4. The summed E-state index contributed by atoms with van der Waals surface area (Å²) >= 11 is 0. The molecule has 6 heteroatoms. The van der Waals surface area contributed by atoms with Gasteiger partial charge < -0.3 is 25.0 Å². The van der Waals surface area contributed by atoms with Gasteiger partial charge in [0, 0.05) is 13.7 Å². The summed E-state index contributed by atoms with van der Waals surface area (Å²) in [4.78, 5) is 10.00. The molecule has 0 spiro atoms. The first-order chi connectivity index (χ1) is 6.20. The van der Waals surface area contributed by atoms with Gasteiger partial charge in [0.1, 0.15) is 6.10 Å². The predicted molar refractivity (Wildman–Crippen MR) is 44.7 cm³/mol. The summed E-state index contributed by atoms with van der Waals surface area (Å²) < 4.78 is 9.83. The molecule has 13 heavy (non-hydrogen) atoms. The van der Waals surface area contributed by atoms with Crippen LogP contribution in [0, 0.1) is 0 Å². The summed E-state index contributed by atoms with van der Waals surface area (Å²) in [6.45, 7) is 0.584. The average molecular weight is 193 g/mol. The quantitative estimate of drug-likeness (QED) is 0.464. The van der Waals surface area contributed by atoms with Gasteiger partial charge in [0.25, 0.3) is 0 Å². The third-order valence-corrected chi connectivity index (χ3v) is 1.29. The van der Waals surface area contributed by atoms with Gasteiger partial charge >= 0.3 is 6.09 Å². The van der Waals surface area contributed by atoms with Gasteiger partial charge in [-0.2, -0.15) is 0 Å². The van der Waals surface area contributed by atoms with E-state index in [2.05, 4.69) is 5.32 Å². The Morgan fingerprint density at radius 1 is 1.62 bits per heavy atom. The molecule has 0 fully saturated rings. The standard InChI is InChI=1S/C7H15NO5/c1-12-5-6(4-9)13-3-2-8-7(10)11/h6,8-9H,2-5H2,1H3,(H,10,11). The number of ether oxygens (including phenoxy) is 2. The molecule has 0 saturated carbocycles. The molecule has 0 aliphatic heterocycles. The molecule has 0 aliphatic carbocycles. The van der Waals surface area contributed by atoms with Crippen LogP contribution >= 0.6 is 0 Å². The molecule has 1 unspecified atom stereocenters. The molecule has 1 amide bonds. The number of aliphatic hydroxyl groups excluding tert-OH is 1. The van der Waals surface area contributed by atoms with E-state index in [1.807, 2.05) is 0 Å². The fraction of sp³-hybridized carbons (Fsp3) is 0.857. The second kappa shape index (κ2) is 7.78. The number of rotatable bonds is 7. The van der Waals surface area contributed by atoms with Crippen LogP contribution in [-0.4, -0.2) is 55.9 Å². The van der Waals surface area contributed by atoms with E-state index in [9.17, 15) is 4.79 Å². The lowest BCUT2D eigenvalue weighted by molar-refractivity contribution is -0.0293. The van der Waals surface area contributed by atoms with Crippen molar-refractivity contribution in [3.63, 3.8) is 0 Å². The van der Waals surface area contributed by atoms with Crippen molar-refractivity contribution in [2.45, 2.75) is 6.10 Å². The van der Waals surface area contributed by atoms with E-state index < -0.39 is 6.09 Å². The number of nitrogens with one attached hydrogen (secondary N) is 1. The molecule has 0 aliphatic rings. The van der Waals surface area contributed by atoms with E-state index in [1.165, 1.54) is 7.11 Å². The first-order valence-electron chi connectivity index (χ1n) is 3.89. The lowest BCUT2D eigenvalue weighted by Gasteiger charge is -2.13. The zero-order chi connectivity index (χ0) is 10.1. The van der Waals surface area contributed by atoms with Crippen molar-refractivity contribution < 1.29 is 24.5 Å². The van der Waals surface area contributed by atoms with E-state index in [0.29, 0.717) is 6.61 Å². The van der Waals surface area contributed by atoms with Gasteiger partial charge in [0.05, 0.1) is 19.8 Å². The number of methoxy groups -OCH3 is 1. The lowest BCUT2D eigenvalue weighted by Crippen LogP contribution is -2.30. The molecule has 1 atom stereocenters. The highest BCUT2D eigenvalue weighted by Crippen LogP contribution is 1.90. The summed E-state index contributed by atoms with van der Waals surface area (Å²) in [5.74, 6) is 0. The van der Waals surface area contributed by atoms with Crippen molar-refractivity contribution in [3.05, 3.63) is 0 Å². The van der Waals surface area contributed by atoms with Crippen molar-refractivity contribution in [3.8, 4) is 0 Å². The van der Waals surface area contributed by atoms with E-state index in [0.717, 1.165) is 0 Å². The van der Waals surface area contributed by atoms with E-state index in [4.69, 9.17) is 19.7 Å². The highest BCUT2D eigenvalue weighted by Gasteiger charge is 2.06. The minimum atomic E-state index is -1.09. The Morgan fingerprint density at radius 2 is 2.31 bits per heavy atom. The third-order valence-electron chi connectivity index (χ3n) is 1.29. The molecule has 0 aromatic carbocycles. The maximum atomic E-state index is 10.00. The molecule has 0 rings (SSSR count). The van der Waals surface area contributed by atoms with Crippen molar-refractivity contribution in [2.75, 3.05) is 33.5 Å². The zero-order valence-electron chi connectivity index (χ0n) is 7.52. The van der Waals surface area contributed by atoms with Crippen LogP contribution in [-0.2, 0) is 9.47 Å². The Balaban J connectivity index is 3.32. The number of aliphatic hydroxyl groups is 1. The second-order valence-electron chi connectivity index (χ2n) is 2.36.